The third-order valence-electron chi connectivity index (χ3n) is 5.40. The van der Waals surface area contributed by atoms with Crippen molar-refractivity contribution in [2.75, 3.05) is 18.2 Å². The number of anilines is 1. The smallest absolute Gasteiger partial charge is 0.341 e. The first-order chi connectivity index (χ1) is 17.3. The van der Waals surface area contributed by atoms with Crippen LogP contribution in [0, 0.1) is 0 Å². The molecule has 0 saturated carbocycles. The van der Waals surface area contributed by atoms with Crippen LogP contribution in [0.4, 0.5) is 5.00 Å². The van der Waals surface area contributed by atoms with E-state index in [2.05, 4.69) is 40.8 Å². The molecule has 0 radical (unpaired) electrons. The molecule has 36 heavy (non-hydrogen) atoms. The average molecular weight is 561 g/mol. The van der Waals surface area contributed by atoms with Gasteiger partial charge in [-0.1, -0.05) is 49.3 Å². The molecule has 0 aliphatic rings. The van der Waals surface area contributed by atoms with Crippen molar-refractivity contribution >= 4 is 62.9 Å². The maximum atomic E-state index is 12.8. The molecular formula is C25H25ClN4O3S3. The van der Waals surface area contributed by atoms with Crippen molar-refractivity contribution in [2.45, 2.75) is 38.4 Å². The maximum absolute atomic E-state index is 12.8. The molecule has 0 saturated heterocycles. The number of nitrogens with zero attached hydrogens (tertiary/aromatic N) is 3. The highest BCUT2D eigenvalue weighted by atomic mass is 35.5. The number of nitrogens with one attached hydrogen (secondary N) is 1. The van der Waals surface area contributed by atoms with Crippen LogP contribution in [0.15, 0.2) is 46.2 Å². The molecule has 11 heteroatoms. The zero-order chi connectivity index (χ0) is 25.8. The van der Waals surface area contributed by atoms with E-state index in [1.165, 1.54) is 35.1 Å². The topological polar surface area (TPSA) is 86.1 Å². The number of thiophene rings is 2. The quantitative estimate of drug-likeness (QED) is 0.174. The van der Waals surface area contributed by atoms with Gasteiger partial charge in [0, 0.05) is 38.3 Å². The number of hydrogen-bond acceptors (Lipinski definition) is 8. The second-order valence-electron chi connectivity index (χ2n) is 8.13. The first-order valence-corrected chi connectivity index (χ1v) is 14.3. The summed E-state index contributed by atoms with van der Waals surface area (Å²) >= 11 is 10.3. The Morgan fingerprint density at radius 2 is 1.89 bits per heavy atom. The van der Waals surface area contributed by atoms with Crippen molar-refractivity contribution in [1.29, 1.82) is 0 Å². The summed E-state index contributed by atoms with van der Waals surface area (Å²) in [4.78, 5) is 26.7. The van der Waals surface area contributed by atoms with Crippen molar-refractivity contribution < 1.29 is 14.3 Å². The predicted octanol–water partition coefficient (Wildman–Crippen LogP) is 7.05. The lowest BCUT2D eigenvalue weighted by atomic mass is 10.0. The molecule has 0 spiro atoms. The summed E-state index contributed by atoms with van der Waals surface area (Å²) in [6, 6.07) is 9.30. The third-order valence-corrected chi connectivity index (χ3v) is 8.75. The van der Waals surface area contributed by atoms with Gasteiger partial charge in [0.05, 0.1) is 12.9 Å². The number of amides is 1. The molecule has 1 amide bonds. The van der Waals surface area contributed by atoms with E-state index in [-0.39, 0.29) is 11.7 Å². The Kier molecular flexibility index (Phi) is 8.50. The lowest BCUT2D eigenvalue weighted by Gasteiger charge is -2.09. The van der Waals surface area contributed by atoms with Gasteiger partial charge in [-0.05, 0) is 36.6 Å². The fourth-order valence-corrected chi connectivity index (χ4v) is 6.36. The number of ether oxygens (including phenoxy) is 1. The molecule has 0 atom stereocenters. The number of halogens is 1. The van der Waals surface area contributed by atoms with Crippen LogP contribution in [0.2, 0.25) is 5.02 Å². The molecule has 0 fully saturated rings. The Morgan fingerprint density at radius 1 is 1.14 bits per heavy atom. The summed E-state index contributed by atoms with van der Waals surface area (Å²) in [5.41, 5.74) is 2.84. The molecule has 4 rings (SSSR count). The number of carbonyl (C=O) groups is 2. The minimum Gasteiger partial charge on any atom is -0.465 e. The number of benzene rings is 1. The summed E-state index contributed by atoms with van der Waals surface area (Å²) in [5, 5.41) is 17.2. The van der Waals surface area contributed by atoms with Gasteiger partial charge in [-0.3, -0.25) is 4.79 Å². The van der Waals surface area contributed by atoms with E-state index in [0.717, 1.165) is 17.0 Å². The lowest BCUT2D eigenvalue weighted by molar-refractivity contribution is -0.113. The Labute approximate surface area is 226 Å². The van der Waals surface area contributed by atoms with Crippen molar-refractivity contribution in [3.05, 3.63) is 56.6 Å². The van der Waals surface area contributed by atoms with Crippen molar-refractivity contribution in [3.63, 3.8) is 0 Å². The molecular weight excluding hydrogens is 536 g/mol. The normalized spacial score (nSPS) is 11.2. The van der Waals surface area contributed by atoms with Gasteiger partial charge in [0.25, 0.3) is 0 Å². The molecule has 188 valence electrons. The molecule has 3 heterocycles. The minimum absolute atomic E-state index is 0.119. The third kappa shape index (κ3) is 5.67. The number of methoxy groups -OCH3 is 1. The van der Waals surface area contributed by atoms with E-state index in [0.29, 0.717) is 38.8 Å². The Hall–Kier alpha value is -2.66. The van der Waals surface area contributed by atoms with Gasteiger partial charge in [-0.2, -0.15) is 0 Å². The van der Waals surface area contributed by atoms with Crippen molar-refractivity contribution in [2.24, 2.45) is 0 Å². The molecule has 0 aliphatic heterocycles. The second-order valence-corrected chi connectivity index (χ2v) is 11.3. The van der Waals surface area contributed by atoms with E-state index in [1.54, 1.807) is 23.5 Å². The summed E-state index contributed by atoms with van der Waals surface area (Å²) < 4.78 is 7.00. The summed E-state index contributed by atoms with van der Waals surface area (Å²) in [6.07, 6.45) is 0. The van der Waals surface area contributed by atoms with Gasteiger partial charge in [0.2, 0.25) is 5.91 Å². The first-order valence-electron chi connectivity index (χ1n) is 11.2. The molecule has 4 aromatic rings. The van der Waals surface area contributed by atoms with Gasteiger partial charge in [0.1, 0.15) is 10.6 Å². The lowest BCUT2D eigenvalue weighted by Crippen LogP contribution is -2.16. The highest BCUT2D eigenvalue weighted by molar-refractivity contribution is 7.99. The highest BCUT2D eigenvalue weighted by Crippen LogP contribution is 2.37. The minimum atomic E-state index is -0.518. The number of thioether (sulfide) groups is 1. The molecule has 0 bridgehead atoms. The van der Waals surface area contributed by atoms with E-state index < -0.39 is 5.97 Å². The Morgan fingerprint density at radius 3 is 2.53 bits per heavy atom. The van der Waals surface area contributed by atoms with Gasteiger partial charge < -0.3 is 14.6 Å². The fraction of sp³-hybridized carbons (Fsp3) is 0.280. The van der Waals surface area contributed by atoms with Gasteiger partial charge in [-0.15, -0.1) is 32.9 Å². The summed E-state index contributed by atoms with van der Waals surface area (Å²) in [5.74, 6) is 0.595. The number of rotatable bonds is 9. The molecule has 3 aromatic heterocycles. The number of esters is 1. The van der Waals surface area contributed by atoms with Gasteiger partial charge in [-0.25, -0.2) is 4.79 Å². The van der Waals surface area contributed by atoms with Crippen LogP contribution in [-0.4, -0.2) is 39.5 Å². The first kappa shape index (κ1) is 26.4. The largest absolute Gasteiger partial charge is 0.465 e. The zero-order valence-electron chi connectivity index (χ0n) is 20.2. The van der Waals surface area contributed by atoms with Crippen LogP contribution in [0.5, 0.6) is 0 Å². The van der Waals surface area contributed by atoms with Crippen LogP contribution < -0.4 is 5.32 Å². The average Bonchev–Trinajstić information content (AvgIpc) is 3.60. The summed E-state index contributed by atoms with van der Waals surface area (Å²) in [7, 11) is 1.32. The molecule has 1 aromatic carbocycles. The Bertz CT molecular complexity index is 1380. The van der Waals surface area contributed by atoms with Crippen LogP contribution in [0.1, 0.15) is 41.9 Å². The maximum Gasteiger partial charge on any atom is 0.341 e. The summed E-state index contributed by atoms with van der Waals surface area (Å²) in [6.45, 7) is 7.04. The molecule has 0 aliphatic carbocycles. The van der Waals surface area contributed by atoms with E-state index in [9.17, 15) is 9.59 Å². The number of hydrogen-bond donors (Lipinski definition) is 1. The van der Waals surface area contributed by atoms with E-state index >= 15 is 0 Å². The highest BCUT2D eigenvalue weighted by Gasteiger charge is 2.23. The van der Waals surface area contributed by atoms with E-state index in [1.807, 2.05) is 29.0 Å². The molecule has 7 nitrogen and oxygen atoms in total. The number of aromatic nitrogens is 3. The van der Waals surface area contributed by atoms with Crippen molar-refractivity contribution in [1.82, 2.24) is 14.8 Å². The monoisotopic (exact) mass is 560 g/mol. The van der Waals surface area contributed by atoms with Gasteiger partial charge >= 0.3 is 5.97 Å². The van der Waals surface area contributed by atoms with Crippen molar-refractivity contribution in [3.8, 4) is 22.5 Å². The standard InChI is InChI=1S/C25H25ClN4O3S3/c1-5-30-22(16-10-19(14(2)3)34-11-16)28-29-25(30)36-13-20(31)27-23-21(24(32)33-4)18(12-35-23)15-6-8-17(26)9-7-15/h6-12,14H,5,13H2,1-4H3,(H,27,31). The molecule has 1 N–H and O–H groups in total. The van der Waals surface area contributed by atoms with Crippen LogP contribution in [0.25, 0.3) is 22.5 Å². The SMILES string of the molecule is CCn1c(SCC(=O)Nc2scc(-c3ccc(Cl)cc3)c2C(=O)OC)nnc1-c1csc(C(C)C)c1. The van der Waals surface area contributed by atoms with E-state index in [4.69, 9.17) is 16.3 Å². The van der Waals surface area contributed by atoms with Gasteiger partial charge in [0.15, 0.2) is 11.0 Å². The van der Waals surface area contributed by atoms with Crippen LogP contribution in [-0.2, 0) is 16.1 Å². The predicted molar refractivity (Wildman–Crippen MR) is 149 cm³/mol. The Balaban J connectivity index is 1.49. The molecule has 0 unspecified atom stereocenters. The number of carbonyl (C=O) groups excluding carboxylic acids is 2. The zero-order valence-corrected chi connectivity index (χ0v) is 23.4. The van der Waals surface area contributed by atoms with Crippen LogP contribution in [0.3, 0.4) is 0 Å². The fourth-order valence-electron chi connectivity index (χ4n) is 3.56. The second kappa shape index (κ2) is 11.6. The van der Waals surface area contributed by atoms with Crippen LogP contribution >= 0.6 is 46.0 Å².